The summed E-state index contributed by atoms with van der Waals surface area (Å²) in [6.45, 7) is 1.86. The Morgan fingerprint density at radius 1 is 1.25 bits per heavy atom. The lowest BCUT2D eigenvalue weighted by molar-refractivity contribution is -0.139. The van der Waals surface area contributed by atoms with Gasteiger partial charge in [-0.05, 0) is 11.6 Å². The van der Waals surface area contributed by atoms with Crippen LogP contribution >= 0.6 is 0 Å². The normalized spacial score (nSPS) is 11.8. The van der Waals surface area contributed by atoms with Crippen LogP contribution in [0.2, 0.25) is 0 Å². The minimum atomic E-state index is -1.11. The van der Waals surface area contributed by atoms with Crippen molar-refractivity contribution in [2.75, 3.05) is 0 Å². The van der Waals surface area contributed by atoms with Gasteiger partial charge in [-0.2, -0.15) is 0 Å². The van der Waals surface area contributed by atoms with Crippen LogP contribution in [0, 0.1) is 0 Å². The zero-order valence-corrected chi connectivity index (χ0v) is 11.0. The largest absolute Gasteiger partial charge is 0.479 e. The minimum absolute atomic E-state index is 0.370. The van der Waals surface area contributed by atoms with Crippen molar-refractivity contribution in [1.82, 2.24) is 5.32 Å². The molecule has 104 valence electrons. The molecule has 2 rings (SSSR count). The van der Waals surface area contributed by atoms with Gasteiger partial charge in [-0.25, -0.2) is 4.79 Å². The third kappa shape index (κ3) is 2.88. The van der Waals surface area contributed by atoms with Gasteiger partial charge in [0, 0.05) is 6.42 Å². The molecule has 0 bridgehead atoms. The molecular formula is C15H15NO4. The molecular weight excluding hydrogens is 258 g/mol. The van der Waals surface area contributed by atoms with Crippen LogP contribution in [0.5, 0.6) is 0 Å². The SMILES string of the molecule is CCc1occc1C(=O)N[C@@H](C(=O)O)c1ccccc1. The average Bonchev–Trinajstić information content (AvgIpc) is 2.93. The van der Waals surface area contributed by atoms with Gasteiger partial charge in [-0.15, -0.1) is 0 Å². The molecule has 0 unspecified atom stereocenters. The number of hydrogen-bond acceptors (Lipinski definition) is 3. The molecule has 1 atom stereocenters. The summed E-state index contributed by atoms with van der Waals surface area (Å²) in [6.07, 6.45) is 1.99. The number of aryl methyl sites for hydroxylation is 1. The Balaban J connectivity index is 2.21. The summed E-state index contributed by atoms with van der Waals surface area (Å²) in [4.78, 5) is 23.5. The first-order valence-electron chi connectivity index (χ1n) is 6.28. The molecule has 2 N–H and O–H groups in total. The molecule has 1 aromatic carbocycles. The Labute approximate surface area is 116 Å². The van der Waals surface area contributed by atoms with Crippen LogP contribution in [0.4, 0.5) is 0 Å². The zero-order chi connectivity index (χ0) is 14.5. The van der Waals surface area contributed by atoms with Gasteiger partial charge >= 0.3 is 5.97 Å². The fourth-order valence-corrected chi connectivity index (χ4v) is 1.96. The molecule has 0 aliphatic rings. The van der Waals surface area contributed by atoms with Crippen molar-refractivity contribution in [3.05, 3.63) is 59.5 Å². The van der Waals surface area contributed by atoms with E-state index in [2.05, 4.69) is 5.32 Å². The summed E-state index contributed by atoms with van der Waals surface area (Å²) < 4.78 is 5.17. The van der Waals surface area contributed by atoms with E-state index in [1.807, 2.05) is 6.92 Å². The number of carbonyl (C=O) groups excluding carboxylic acids is 1. The molecule has 0 aliphatic carbocycles. The number of hydrogen-bond donors (Lipinski definition) is 2. The molecule has 0 spiro atoms. The maximum Gasteiger partial charge on any atom is 0.330 e. The lowest BCUT2D eigenvalue weighted by Gasteiger charge is -2.14. The Hall–Kier alpha value is -2.56. The Bertz CT molecular complexity index is 603. The van der Waals surface area contributed by atoms with Crippen LogP contribution in [0.1, 0.15) is 34.6 Å². The minimum Gasteiger partial charge on any atom is -0.479 e. The number of carbonyl (C=O) groups is 2. The third-order valence-electron chi connectivity index (χ3n) is 2.97. The Kier molecular flexibility index (Phi) is 4.20. The molecule has 0 fully saturated rings. The predicted molar refractivity (Wildman–Crippen MR) is 72.4 cm³/mol. The first kappa shape index (κ1) is 13.9. The number of carboxylic acids is 1. The summed E-state index contributed by atoms with van der Waals surface area (Å²) in [5.41, 5.74) is 0.893. The van der Waals surface area contributed by atoms with E-state index >= 15 is 0 Å². The van der Waals surface area contributed by atoms with Gasteiger partial charge in [-0.3, -0.25) is 4.79 Å². The fourth-order valence-electron chi connectivity index (χ4n) is 1.96. The Morgan fingerprint density at radius 2 is 1.95 bits per heavy atom. The quantitative estimate of drug-likeness (QED) is 0.876. The number of benzene rings is 1. The van der Waals surface area contributed by atoms with Gasteiger partial charge in [-0.1, -0.05) is 37.3 Å². The number of rotatable bonds is 5. The van der Waals surface area contributed by atoms with E-state index in [1.54, 1.807) is 30.3 Å². The van der Waals surface area contributed by atoms with Crippen molar-refractivity contribution >= 4 is 11.9 Å². The van der Waals surface area contributed by atoms with Crippen LogP contribution < -0.4 is 5.32 Å². The lowest BCUT2D eigenvalue weighted by Crippen LogP contribution is -2.33. The molecule has 2 aromatic rings. The maximum atomic E-state index is 12.1. The molecule has 0 saturated heterocycles. The first-order chi connectivity index (χ1) is 9.63. The average molecular weight is 273 g/mol. The van der Waals surface area contributed by atoms with E-state index in [0.29, 0.717) is 23.3 Å². The van der Waals surface area contributed by atoms with Gasteiger partial charge in [0.2, 0.25) is 0 Å². The van der Waals surface area contributed by atoms with Crippen LogP contribution in [-0.4, -0.2) is 17.0 Å². The summed E-state index contributed by atoms with van der Waals surface area (Å²) >= 11 is 0. The summed E-state index contributed by atoms with van der Waals surface area (Å²) in [7, 11) is 0. The van der Waals surface area contributed by atoms with E-state index in [0.717, 1.165) is 0 Å². The lowest BCUT2D eigenvalue weighted by atomic mass is 10.1. The van der Waals surface area contributed by atoms with Crippen molar-refractivity contribution in [2.24, 2.45) is 0 Å². The van der Waals surface area contributed by atoms with E-state index in [9.17, 15) is 14.7 Å². The van der Waals surface area contributed by atoms with Crippen molar-refractivity contribution in [3.8, 4) is 0 Å². The molecule has 0 aliphatic heterocycles. The summed E-state index contributed by atoms with van der Waals surface area (Å²) in [5.74, 6) is -1.02. The second kappa shape index (κ2) is 6.06. The van der Waals surface area contributed by atoms with E-state index in [4.69, 9.17) is 4.42 Å². The highest BCUT2D eigenvalue weighted by atomic mass is 16.4. The number of aliphatic carboxylic acids is 1. The van der Waals surface area contributed by atoms with Crippen LogP contribution in [0.3, 0.4) is 0 Å². The van der Waals surface area contributed by atoms with Gasteiger partial charge in [0.05, 0.1) is 11.8 Å². The fraction of sp³-hybridized carbons (Fsp3) is 0.200. The van der Waals surface area contributed by atoms with Crippen molar-refractivity contribution in [1.29, 1.82) is 0 Å². The summed E-state index contributed by atoms with van der Waals surface area (Å²) in [5, 5.41) is 11.8. The molecule has 0 radical (unpaired) electrons. The molecule has 20 heavy (non-hydrogen) atoms. The number of amides is 1. The van der Waals surface area contributed by atoms with Crippen LogP contribution in [0.15, 0.2) is 47.1 Å². The van der Waals surface area contributed by atoms with Gasteiger partial charge in [0.25, 0.3) is 5.91 Å². The molecule has 1 aromatic heterocycles. The van der Waals surface area contributed by atoms with Crippen molar-refractivity contribution in [2.45, 2.75) is 19.4 Å². The van der Waals surface area contributed by atoms with E-state index in [-0.39, 0.29) is 0 Å². The standard InChI is InChI=1S/C15H15NO4/c1-2-12-11(8-9-20-12)14(17)16-13(15(18)19)10-6-4-3-5-7-10/h3-9,13H,2H2,1H3,(H,16,17)(H,18,19)/t13-/m1/s1. The van der Waals surface area contributed by atoms with Crippen molar-refractivity contribution < 1.29 is 19.1 Å². The maximum absolute atomic E-state index is 12.1. The van der Waals surface area contributed by atoms with Gasteiger partial charge in [0.15, 0.2) is 6.04 Å². The molecule has 1 heterocycles. The Morgan fingerprint density at radius 3 is 2.55 bits per heavy atom. The van der Waals surface area contributed by atoms with Crippen LogP contribution in [0.25, 0.3) is 0 Å². The molecule has 1 amide bonds. The van der Waals surface area contributed by atoms with Gasteiger partial charge < -0.3 is 14.8 Å². The van der Waals surface area contributed by atoms with E-state index in [1.165, 1.54) is 12.3 Å². The van der Waals surface area contributed by atoms with Gasteiger partial charge in [0.1, 0.15) is 5.76 Å². The highest BCUT2D eigenvalue weighted by Crippen LogP contribution is 2.16. The number of furan rings is 1. The van der Waals surface area contributed by atoms with Crippen LogP contribution in [-0.2, 0) is 11.2 Å². The second-order valence-corrected chi connectivity index (χ2v) is 4.27. The third-order valence-corrected chi connectivity index (χ3v) is 2.97. The first-order valence-corrected chi connectivity index (χ1v) is 6.28. The molecule has 0 saturated carbocycles. The highest BCUT2D eigenvalue weighted by molar-refractivity contribution is 5.97. The highest BCUT2D eigenvalue weighted by Gasteiger charge is 2.24. The number of nitrogens with one attached hydrogen (secondary N) is 1. The smallest absolute Gasteiger partial charge is 0.330 e. The monoisotopic (exact) mass is 273 g/mol. The number of carboxylic acid groups (broad SMARTS) is 1. The summed E-state index contributed by atoms with van der Waals surface area (Å²) in [6, 6.07) is 9.03. The topological polar surface area (TPSA) is 79.5 Å². The molecule has 5 heteroatoms. The van der Waals surface area contributed by atoms with E-state index < -0.39 is 17.9 Å². The van der Waals surface area contributed by atoms with Crippen molar-refractivity contribution in [3.63, 3.8) is 0 Å². The molecule has 5 nitrogen and oxygen atoms in total. The predicted octanol–water partition coefficient (Wildman–Crippen LogP) is 2.40. The zero-order valence-electron chi connectivity index (χ0n) is 11.0. The second-order valence-electron chi connectivity index (χ2n) is 4.27.